The lowest BCUT2D eigenvalue weighted by Gasteiger charge is -2.15. The molecule has 1 aromatic heterocycles. The summed E-state index contributed by atoms with van der Waals surface area (Å²) in [6.45, 7) is 1.92. The molecule has 3 aromatic rings. The second kappa shape index (κ2) is 8.01. The minimum Gasteiger partial charge on any atom is -0.456 e. The van der Waals surface area contributed by atoms with Crippen LogP contribution < -0.4 is 15.4 Å². The molecule has 1 atom stereocenters. The number of anilines is 1. The van der Waals surface area contributed by atoms with Crippen molar-refractivity contribution >= 4 is 11.6 Å². The third-order valence-electron chi connectivity index (χ3n) is 4.69. The predicted octanol–water partition coefficient (Wildman–Crippen LogP) is 4.20. The fraction of sp³-hybridized carbons (Fsp3) is 0.182. The smallest absolute Gasteiger partial charge is 0.255 e. The van der Waals surface area contributed by atoms with Crippen LogP contribution in [0, 0.1) is 0 Å². The van der Waals surface area contributed by atoms with Crippen molar-refractivity contribution in [1.29, 1.82) is 0 Å². The number of aromatic nitrogens is 1. The Balaban J connectivity index is 1.46. The topological polar surface area (TPSA) is 63.2 Å². The number of carbonyl (C=O) groups is 1. The Labute approximate surface area is 158 Å². The van der Waals surface area contributed by atoms with Crippen LogP contribution in [0.2, 0.25) is 0 Å². The van der Waals surface area contributed by atoms with Gasteiger partial charge in [-0.2, -0.15) is 0 Å². The van der Waals surface area contributed by atoms with Gasteiger partial charge in [0.1, 0.15) is 11.5 Å². The van der Waals surface area contributed by atoms with E-state index in [0.717, 1.165) is 36.3 Å². The van der Waals surface area contributed by atoms with Crippen LogP contribution in [0.25, 0.3) is 0 Å². The molecule has 1 aliphatic heterocycles. The molecular formula is C22H21N3O2. The van der Waals surface area contributed by atoms with Gasteiger partial charge in [-0.3, -0.25) is 9.78 Å². The van der Waals surface area contributed by atoms with Crippen molar-refractivity contribution in [2.75, 3.05) is 18.4 Å². The zero-order chi connectivity index (χ0) is 18.5. The minimum atomic E-state index is -0.0848. The van der Waals surface area contributed by atoms with E-state index < -0.39 is 0 Å². The molecule has 2 N–H and O–H groups in total. The molecule has 1 fully saturated rings. The number of rotatable bonds is 5. The molecule has 5 heteroatoms. The zero-order valence-electron chi connectivity index (χ0n) is 14.9. The lowest BCUT2D eigenvalue weighted by atomic mass is 9.93. The number of nitrogens with one attached hydrogen (secondary N) is 2. The minimum absolute atomic E-state index is 0.0848. The van der Waals surface area contributed by atoms with Gasteiger partial charge in [-0.1, -0.05) is 18.2 Å². The molecule has 0 unspecified atom stereocenters. The maximum absolute atomic E-state index is 12.8. The van der Waals surface area contributed by atoms with E-state index in [4.69, 9.17) is 4.74 Å². The Morgan fingerprint density at radius 2 is 1.89 bits per heavy atom. The van der Waals surface area contributed by atoms with Crippen LogP contribution >= 0.6 is 0 Å². The molecule has 0 saturated carbocycles. The van der Waals surface area contributed by atoms with E-state index in [1.165, 1.54) is 0 Å². The summed E-state index contributed by atoms with van der Waals surface area (Å²) in [5.41, 5.74) is 2.58. The first-order valence-corrected chi connectivity index (χ1v) is 9.08. The summed E-state index contributed by atoms with van der Waals surface area (Å²) in [5, 5.41) is 6.35. The highest BCUT2D eigenvalue weighted by Gasteiger charge is 2.22. The number of amides is 1. The molecule has 0 radical (unpaired) electrons. The Hall–Kier alpha value is -3.18. The number of nitrogens with zero attached hydrogens (tertiary/aromatic N) is 1. The lowest BCUT2D eigenvalue weighted by Crippen LogP contribution is -2.17. The van der Waals surface area contributed by atoms with E-state index in [9.17, 15) is 4.79 Å². The van der Waals surface area contributed by atoms with Gasteiger partial charge in [0, 0.05) is 24.0 Å². The van der Waals surface area contributed by atoms with Gasteiger partial charge < -0.3 is 15.4 Å². The van der Waals surface area contributed by atoms with E-state index in [1.54, 1.807) is 12.4 Å². The number of hydrogen-bond donors (Lipinski definition) is 2. The van der Waals surface area contributed by atoms with Crippen LogP contribution in [-0.4, -0.2) is 24.0 Å². The summed E-state index contributed by atoms with van der Waals surface area (Å²) < 4.78 is 5.73. The van der Waals surface area contributed by atoms with Gasteiger partial charge in [0.25, 0.3) is 5.91 Å². The summed E-state index contributed by atoms with van der Waals surface area (Å²) in [6, 6.07) is 18.8. The van der Waals surface area contributed by atoms with Crippen LogP contribution in [0.5, 0.6) is 11.5 Å². The van der Waals surface area contributed by atoms with E-state index in [2.05, 4.69) is 21.7 Å². The third kappa shape index (κ3) is 4.15. The molecule has 2 aromatic carbocycles. The van der Waals surface area contributed by atoms with Crippen molar-refractivity contribution in [3.63, 3.8) is 0 Å². The molecule has 2 heterocycles. The number of pyridine rings is 1. The molecule has 4 rings (SSSR count). The quantitative estimate of drug-likeness (QED) is 0.716. The summed E-state index contributed by atoms with van der Waals surface area (Å²) in [5.74, 6) is 1.67. The van der Waals surface area contributed by atoms with Crippen molar-refractivity contribution in [1.82, 2.24) is 10.3 Å². The monoisotopic (exact) mass is 359 g/mol. The SMILES string of the molecule is O=C(Nc1ccc(Oc2cccnc2)cc1)c1ccccc1[C@@H]1CCNC1. The molecular weight excluding hydrogens is 338 g/mol. The molecule has 1 aliphatic rings. The van der Waals surface area contributed by atoms with Gasteiger partial charge in [0.15, 0.2) is 0 Å². The molecule has 0 bridgehead atoms. The van der Waals surface area contributed by atoms with Gasteiger partial charge >= 0.3 is 0 Å². The van der Waals surface area contributed by atoms with Crippen molar-refractivity contribution in [2.45, 2.75) is 12.3 Å². The predicted molar refractivity (Wildman–Crippen MR) is 105 cm³/mol. The van der Waals surface area contributed by atoms with E-state index >= 15 is 0 Å². The molecule has 27 heavy (non-hydrogen) atoms. The van der Waals surface area contributed by atoms with E-state index in [-0.39, 0.29) is 5.91 Å². The lowest BCUT2D eigenvalue weighted by molar-refractivity contribution is 0.102. The Kier molecular flexibility index (Phi) is 5.12. The molecule has 1 saturated heterocycles. The fourth-order valence-electron chi connectivity index (χ4n) is 3.33. The molecule has 1 amide bonds. The molecule has 0 spiro atoms. The average Bonchev–Trinajstić information content (AvgIpc) is 3.25. The Bertz CT molecular complexity index is 904. The Morgan fingerprint density at radius 3 is 2.63 bits per heavy atom. The van der Waals surface area contributed by atoms with E-state index in [1.807, 2.05) is 54.6 Å². The molecule has 5 nitrogen and oxygen atoms in total. The summed E-state index contributed by atoms with van der Waals surface area (Å²) in [6.07, 6.45) is 4.42. The first-order chi connectivity index (χ1) is 13.3. The summed E-state index contributed by atoms with van der Waals surface area (Å²) in [7, 11) is 0. The van der Waals surface area contributed by atoms with Crippen molar-refractivity contribution < 1.29 is 9.53 Å². The highest BCUT2D eigenvalue weighted by molar-refractivity contribution is 6.05. The van der Waals surface area contributed by atoms with Crippen LogP contribution in [0.4, 0.5) is 5.69 Å². The Morgan fingerprint density at radius 1 is 1.04 bits per heavy atom. The van der Waals surface area contributed by atoms with Gasteiger partial charge in [0.05, 0.1) is 6.20 Å². The van der Waals surface area contributed by atoms with Gasteiger partial charge in [-0.25, -0.2) is 0 Å². The third-order valence-corrected chi connectivity index (χ3v) is 4.69. The van der Waals surface area contributed by atoms with Crippen molar-refractivity contribution in [2.24, 2.45) is 0 Å². The second-order valence-electron chi connectivity index (χ2n) is 6.55. The van der Waals surface area contributed by atoms with Gasteiger partial charge in [-0.15, -0.1) is 0 Å². The van der Waals surface area contributed by atoms with Crippen LogP contribution in [-0.2, 0) is 0 Å². The largest absolute Gasteiger partial charge is 0.456 e. The maximum Gasteiger partial charge on any atom is 0.255 e. The maximum atomic E-state index is 12.8. The first-order valence-electron chi connectivity index (χ1n) is 9.08. The van der Waals surface area contributed by atoms with Crippen molar-refractivity contribution in [3.05, 3.63) is 84.2 Å². The normalized spacial score (nSPS) is 16.1. The standard InChI is InChI=1S/C22H21N3O2/c26-22(21-6-2-1-5-20(21)16-11-13-24-14-16)25-17-7-9-18(10-8-17)27-19-4-3-12-23-15-19/h1-10,12,15-16,24H,11,13-14H2,(H,25,26)/t16-/m1/s1. The van der Waals surface area contributed by atoms with E-state index in [0.29, 0.717) is 17.4 Å². The highest BCUT2D eigenvalue weighted by Crippen LogP contribution is 2.27. The highest BCUT2D eigenvalue weighted by atomic mass is 16.5. The van der Waals surface area contributed by atoms with Gasteiger partial charge in [-0.05, 0) is 66.9 Å². The summed E-state index contributed by atoms with van der Waals surface area (Å²) in [4.78, 5) is 16.8. The molecule has 0 aliphatic carbocycles. The number of carbonyl (C=O) groups excluding carboxylic acids is 1. The summed E-state index contributed by atoms with van der Waals surface area (Å²) >= 11 is 0. The number of ether oxygens (including phenoxy) is 1. The zero-order valence-corrected chi connectivity index (χ0v) is 14.9. The first kappa shape index (κ1) is 17.2. The van der Waals surface area contributed by atoms with Crippen LogP contribution in [0.3, 0.4) is 0 Å². The number of hydrogen-bond acceptors (Lipinski definition) is 4. The van der Waals surface area contributed by atoms with Crippen molar-refractivity contribution in [3.8, 4) is 11.5 Å². The molecule has 136 valence electrons. The van der Waals surface area contributed by atoms with Crippen LogP contribution in [0.15, 0.2) is 73.1 Å². The van der Waals surface area contributed by atoms with Gasteiger partial charge in [0.2, 0.25) is 0 Å². The average molecular weight is 359 g/mol. The second-order valence-corrected chi connectivity index (χ2v) is 6.55. The fourth-order valence-corrected chi connectivity index (χ4v) is 3.33. The number of benzene rings is 2. The van der Waals surface area contributed by atoms with Crippen LogP contribution in [0.1, 0.15) is 28.3 Å².